The van der Waals surface area contributed by atoms with Gasteiger partial charge in [-0.05, 0) is 11.6 Å². The largest absolute Gasteiger partial charge is 0.369 e. The molecule has 58 valence electrons. The van der Waals surface area contributed by atoms with E-state index in [9.17, 15) is 4.79 Å². The minimum absolute atomic E-state index is 0.148. The molecule has 11 heavy (non-hydrogen) atoms. The highest BCUT2D eigenvalue weighted by Crippen LogP contribution is 1.96. The Balaban J connectivity index is 2.33. The van der Waals surface area contributed by atoms with E-state index in [1.165, 1.54) is 0 Å². The van der Waals surface area contributed by atoms with Crippen LogP contribution < -0.4 is 0 Å². The minimum atomic E-state index is 0.148. The van der Waals surface area contributed by atoms with Crippen LogP contribution in [0.25, 0.3) is 0 Å². The van der Waals surface area contributed by atoms with E-state index in [1.807, 2.05) is 12.1 Å². The van der Waals surface area contributed by atoms with E-state index in [2.05, 4.69) is 4.98 Å². The highest BCUT2D eigenvalue weighted by molar-refractivity contribution is 5.50. The van der Waals surface area contributed by atoms with Gasteiger partial charge >= 0.3 is 0 Å². The third kappa shape index (κ3) is 2.91. The molecule has 0 fully saturated rings. The average molecular weight is 151 g/mol. The van der Waals surface area contributed by atoms with Crippen LogP contribution in [0.1, 0.15) is 5.56 Å². The maximum atomic E-state index is 9.85. The lowest BCUT2D eigenvalue weighted by atomic mass is 10.3. The molecule has 3 nitrogen and oxygen atoms in total. The molecule has 0 unspecified atom stereocenters. The molecule has 0 spiro atoms. The highest BCUT2D eigenvalue weighted by atomic mass is 16.5. The van der Waals surface area contributed by atoms with Crippen LogP contribution in [0.3, 0.4) is 0 Å². The Bertz CT molecular complexity index is 211. The zero-order chi connectivity index (χ0) is 7.94. The molecule has 0 saturated carbocycles. The van der Waals surface area contributed by atoms with Crippen molar-refractivity contribution < 1.29 is 9.53 Å². The van der Waals surface area contributed by atoms with Crippen LogP contribution in [0.5, 0.6) is 0 Å². The van der Waals surface area contributed by atoms with Crippen LogP contribution in [0.4, 0.5) is 0 Å². The van der Waals surface area contributed by atoms with Crippen molar-refractivity contribution in [1.82, 2.24) is 4.98 Å². The molecule has 0 aliphatic heterocycles. The number of pyridine rings is 1. The van der Waals surface area contributed by atoms with E-state index in [0.717, 1.165) is 11.8 Å². The van der Waals surface area contributed by atoms with Crippen molar-refractivity contribution >= 4 is 6.29 Å². The molecule has 1 aromatic heterocycles. The maximum Gasteiger partial charge on any atom is 0.145 e. The van der Waals surface area contributed by atoms with E-state index in [4.69, 9.17) is 4.74 Å². The minimum Gasteiger partial charge on any atom is -0.369 e. The second kappa shape index (κ2) is 4.57. The van der Waals surface area contributed by atoms with Crippen molar-refractivity contribution in [1.29, 1.82) is 0 Å². The summed E-state index contributed by atoms with van der Waals surface area (Å²) in [5.41, 5.74) is 0.981. The molecule has 0 aliphatic rings. The van der Waals surface area contributed by atoms with Gasteiger partial charge in [-0.15, -0.1) is 0 Å². The van der Waals surface area contributed by atoms with Gasteiger partial charge in [0, 0.05) is 12.4 Å². The maximum absolute atomic E-state index is 9.85. The van der Waals surface area contributed by atoms with E-state index < -0.39 is 0 Å². The normalized spacial score (nSPS) is 9.45. The average Bonchev–Trinajstić information content (AvgIpc) is 2.07. The Hall–Kier alpha value is -1.22. The van der Waals surface area contributed by atoms with Gasteiger partial charge in [-0.1, -0.05) is 6.07 Å². The number of nitrogens with zero attached hydrogens (tertiary/aromatic N) is 1. The molecule has 0 N–H and O–H groups in total. The van der Waals surface area contributed by atoms with Crippen LogP contribution >= 0.6 is 0 Å². The first-order chi connectivity index (χ1) is 5.43. The van der Waals surface area contributed by atoms with E-state index in [1.54, 1.807) is 12.4 Å². The molecular weight excluding hydrogens is 142 g/mol. The Morgan fingerprint density at radius 1 is 1.64 bits per heavy atom. The van der Waals surface area contributed by atoms with E-state index >= 15 is 0 Å². The van der Waals surface area contributed by atoms with Gasteiger partial charge in [0.25, 0.3) is 0 Å². The molecule has 0 bridgehead atoms. The van der Waals surface area contributed by atoms with Crippen molar-refractivity contribution in [3.8, 4) is 0 Å². The highest BCUT2D eigenvalue weighted by Gasteiger charge is 1.89. The fourth-order valence-electron chi connectivity index (χ4n) is 0.708. The summed E-state index contributed by atoms with van der Waals surface area (Å²) in [6, 6.07) is 3.73. The first-order valence-electron chi connectivity index (χ1n) is 3.34. The predicted molar refractivity (Wildman–Crippen MR) is 40.0 cm³/mol. The van der Waals surface area contributed by atoms with E-state index in [-0.39, 0.29) is 6.61 Å². The fourth-order valence-corrected chi connectivity index (χ4v) is 0.708. The Morgan fingerprint density at radius 3 is 3.18 bits per heavy atom. The summed E-state index contributed by atoms with van der Waals surface area (Å²) in [5.74, 6) is 0. The Labute approximate surface area is 65.0 Å². The number of aldehydes is 1. The summed E-state index contributed by atoms with van der Waals surface area (Å²) < 4.78 is 4.96. The Morgan fingerprint density at radius 2 is 2.55 bits per heavy atom. The van der Waals surface area contributed by atoms with Crippen molar-refractivity contribution in [2.75, 3.05) is 6.61 Å². The molecule has 0 saturated heterocycles. The monoisotopic (exact) mass is 151 g/mol. The lowest BCUT2D eigenvalue weighted by Gasteiger charge is -1.97. The zero-order valence-electron chi connectivity index (χ0n) is 6.06. The van der Waals surface area contributed by atoms with Gasteiger partial charge in [0.05, 0.1) is 6.61 Å². The Kier molecular flexibility index (Phi) is 3.28. The second-order valence-corrected chi connectivity index (χ2v) is 2.04. The molecular formula is C8H9NO2. The van der Waals surface area contributed by atoms with Crippen molar-refractivity contribution in [2.45, 2.75) is 6.61 Å². The standard InChI is InChI=1S/C8H9NO2/c10-4-5-11-7-8-2-1-3-9-6-8/h1-4,6H,5,7H2. The van der Waals surface area contributed by atoms with Crippen LogP contribution in [0, 0.1) is 0 Å². The van der Waals surface area contributed by atoms with Gasteiger partial charge in [0.1, 0.15) is 12.9 Å². The molecule has 1 rings (SSSR count). The smallest absolute Gasteiger partial charge is 0.145 e. The van der Waals surface area contributed by atoms with Gasteiger partial charge in [-0.2, -0.15) is 0 Å². The van der Waals surface area contributed by atoms with Crippen LogP contribution in [0.2, 0.25) is 0 Å². The molecule has 0 atom stereocenters. The molecule has 1 aromatic rings. The lowest BCUT2D eigenvalue weighted by Crippen LogP contribution is -1.95. The number of hydrogen-bond acceptors (Lipinski definition) is 3. The van der Waals surface area contributed by atoms with Gasteiger partial charge in [-0.25, -0.2) is 0 Å². The van der Waals surface area contributed by atoms with Crippen LogP contribution in [0.15, 0.2) is 24.5 Å². The summed E-state index contributed by atoms with van der Waals surface area (Å²) in [5, 5.41) is 0. The molecule has 1 heterocycles. The lowest BCUT2D eigenvalue weighted by molar-refractivity contribution is -0.112. The summed E-state index contributed by atoms with van der Waals surface area (Å²) in [4.78, 5) is 13.7. The number of aromatic nitrogens is 1. The van der Waals surface area contributed by atoms with Gasteiger partial charge in [-0.3, -0.25) is 4.98 Å². The molecule has 0 aromatic carbocycles. The van der Waals surface area contributed by atoms with Gasteiger partial charge in [0.2, 0.25) is 0 Å². The van der Waals surface area contributed by atoms with Crippen LogP contribution in [-0.2, 0) is 16.1 Å². The summed E-state index contributed by atoms with van der Waals surface area (Å²) in [6.45, 7) is 0.599. The molecule has 0 radical (unpaired) electrons. The van der Waals surface area contributed by atoms with E-state index in [0.29, 0.717) is 6.61 Å². The summed E-state index contributed by atoms with van der Waals surface area (Å²) >= 11 is 0. The number of rotatable bonds is 4. The number of carbonyl (C=O) groups is 1. The zero-order valence-corrected chi connectivity index (χ0v) is 6.06. The quantitative estimate of drug-likeness (QED) is 0.472. The SMILES string of the molecule is O=CCOCc1cccnc1. The predicted octanol–water partition coefficient (Wildman–Crippen LogP) is 0.797. The number of hydrogen-bond donors (Lipinski definition) is 0. The van der Waals surface area contributed by atoms with Gasteiger partial charge in [0.15, 0.2) is 0 Å². The van der Waals surface area contributed by atoms with Crippen LogP contribution in [-0.4, -0.2) is 17.9 Å². The first kappa shape index (κ1) is 7.88. The number of carbonyl (C=O) groups excluding carboxylic acids is 1. The molecule has 3 heteroatoms. The second-order valence-electron chi connectivity index (χ2n) is 2.04. The third-order valence-electron chi connectivity index (χ3n) is 1.18. The molecule has 0 aliphatic carbocycles. The molecule has 0 amide bonds. The van der Waals surface area contributed by atoms with Crippen molar-refractivity contribution in [2.24, 2.45) is 0 Å². The number of ether oxygens (including phenoxy) is 1. The summed E-state index contributed by atoms with van der Waals surface area (Å²) in [6.07, 6.45) is 4.14. The summed E-state index contributed by atoms with van der Waals surface area (Å²) in [7, 11) is 0. The topological polar surface area (TPSA) is 39.2 Å². The van der Waals surface area contributed by atoms with Gasteiger partial charge < -0.3 is 9.53 Å². The fraction of sp³-hybridized carbons (Fsp3) is 0.250. The van der Waals surface area contributed by atoms with Crippen molar-refractivity contribution in [3.63, 3.8) is 0 Å². The third-order valence-corrected chi connectivity index (χ3v) is 1.18. The van der Waals surface area contributed by atoms with Crippen molar-refractivity contribution in [3.05, 3.63) is 30.1 Å². The first-order valence-corrected chi connectivity index (χ1v) is 3.34.